The third-order valence-corrected chi connectivity index (χ3v) is 4.32. The number of thioether (sulfide) groups is 1. The molecule has 0 saturated carbocycles. The number of benzene rings is 1. The van der Waals surface area contributed by atoms with Gasteiger partial charge in [0.05, 0.1) is 0 Å². The summed E-state index contributed by atoms with van der Waals surface area (Å²) >= 11 is 1.81. The number of fused-ring (bicyclic) bond motifs is 1. The van der Waals surface area contributed by atoms with Gasteiger partial charge in [0.2, 0.25) is 0 Å². The molecule has 3 nitrogen and oxygen atoms in total. The van der Waals surface area contributed by atoms with Crippen molar-refractivity contribution >= 4 is 11.8 Å². The molecule has 0 saturated heterocycles. The van der Waals surface area contributed by atoms with Crippen molar-refractivity contribution in [3.05, 3.63) is 54.4 Å². The summed E-state index contributed by atoms with van der Waals surface area (Å²) in [6, 6.07) is 14.0. The van der Waals surface area contributed by atoms with Crippen LogP contribution in [0.25, 0.3) is 0 Å². The van der Waals surface area contributed by atoms with Crippen LogP contribution in [0.3, 0.4) is 0 Å². The standard InChI is InChI=1S/C15H16N2OS/c16-12(9-11-5-3-4-8-17-11)14-10-19-15-7-2-1-6-13(15)18-14/h1-8,12,14H,9-10,16H2. The van der Waals surface area contributed by atoms with E-state index >= 15 is 0 Å². The predicted molar refractivity (Wildman–Crippen MR) is 77.5 cm³/mol. The van der Waals surface area contributed by atoms with Crippen molar-refractivity contribution in [2.75, 3.05) is 5.75 Å². The third kappa shape index (κ3) is 2.91. The summed E-state index contributed by atoms with van der Waals surface area (Å²) in [5.74, 6) is 1.84. The van der Waals surface area contributed by atoms with E-state index in [1.165, 1.54) is 4.90 Å². The molecule has 1 aromatic carbocycles. The molecular weight excluding hydrogens is 256 g/mol. The maximum Gasteiger partial charge on any atom is 0.133 e. The van der Waals surface area contributed by atoms with Crippen LogP contribution in [0, 0.1) is 0 Å². The van der Waals surface area contributed by atoms with E-state index in [0.717, 1.165) is 23.6 Å². The number of hydrogen-bond donors (Lipinski definition) is 1. The Hall–Kier alpha value is -1.52. The second-order valence-corrected chi connectivity index (χ2v) is 5.66. The fraction of sp³-hybridized carbons (Fsp3) is 0.267. The summed E-state index contributed by atoms with van der Waals surface area (Å²) < 4.78 is 5.99. The molecule has 1 aliphatic heterocycles. The van der Waals surface area contributed by atoms with E-state index in [9.17, 15) is 0 Å². The Labute approximate surface area is 117 Å². The molecule has 0 fully saturated rings. The minimum absolute atomic E-state index is 0.0317. The van der Waals surface area contributed by atoms with Gasteiger partial charge in [0, 0.05) is 35.0 Å². The molecule has 2 aromatic rings. The lowest BCUT2D eigenvalue weighted by molar-refractivity contribution is 0.183. The maximum absolute atomic E-state index is 6.26. The lowest BCUT2D eigenvalue weighted by Crippen LogP contribution is -2.43. The van der Waals surface area contributed by atoms with Gasteiger partial charge in [-0.3, -0.25) is 4.98 Å². The molecular formula is C15H16N2OS. The number of pyridine rings is 1. The molecule has 0 amide bonds. The van der Waals surface area contributed by atoms with Crippen molar-refractivity contribution in [2.24, 2.45) is 5.73 Å². The molecule has 1 aromatic heterocycles. The summed E-state index contributed by atoms with van der Waals surface area (Å²) in [4.78, 5) is 5.51. The molecule has 0 aliphatic carbocycles. The van der Waals surface area contributed by atoms with E-state index in [1.54, 1.807) is 6.20 Å². The number of ether oxygens (including phenoxy) is 1. The van der Waals surface area contributed by atoms with Gasteiger partial charge in [-0.15, -0.1) is 11.8 Å². The number of nitrogens with two attached hydrogens (primary N) is 1. The Morgan fingerprint density at radius 1 is 1.26 bits per heavy atom. The second kappa shape index (κ2) is 5.63. The van der Waals surface area contributed by atoms with E-state index in [-0.39, 0.29) is 12.1 Å². The lowest BCUT2D eigenvalue weighted by atomic mass is 10.1. The lowest BCUT2D eigenvalue weighted by Gasteiger charge is -2.29. The fourth-order valence-electron chi connectivity index (χ4n) is 2.14. The SMILES string of the molecule is NC(Cc1ccccn1)C1CSc2ccccc2O1. The van der Waals surface area contributed by atoms with Gasteiger partial charge in [-0.1, -0.05) is 18.2 Å². The van der Waals surface area contributed by atoms with Gasteiger partial charge in [-0.05, 0) is 24.3 Å². The fourth-order valence-corrected chi connectivity index (χ4v) is 3.23. The highest BCUT2D eigenvalue weighted by Crippen LogP contribution is 2.35. The van der Waals surface area contributed by atoms with Crippen LogP contribution < -0.4 is 10.5 Å². The average molecular weight is 272 g/mol. The molecule has 0 spiro atoms. The molecule has 2 heterocycles. The van der Waals surface area contributed by atoms with E-state index in [1.807, 2.05) is 48.2 Å². The minimum atomic E-state index is -0.0317. The largest absolute Gasteiger partial charge is 0.487 e. The molecule has 2 unspecified atom stereocenters. The van der Waals surface area contributed by atoms with Crippen molar-refractivity contribution < 1.29 is 4.74 Å². The first-order chi connectivity index (χ1) is 9.33. The quantitative estimate of drug-likeness (QED) is 0.932. The van der Waals surface area contributed by atoms with Gasteiger partial charge in [-0.2, -0.15) is 0 Å². The molecule has 4 heteroatoms. The highest BCUT2D eigenvalue weighted by atomic mass is 32.2. The molecule has 3 rings (SSSR count). The minimum Gasteiger partial charge on any atom is -0.487 e. The average Bonchev–Trinajstić information content (AvgIpc) is 2.48. The van der Waals surface area contributed by atoms with Crippen molar-refractivity contribution in [2.45, 2.75) is 23.5 Å². The maximum atomic E-state index is 6.26. The highest BCUT2D eigenvalue weighted by Gasteiger charge is 2.25. The molecule has 19 heavy (non-hydrogen) atoms. The zero-order valence-corrected chi connectivity index (χ0v) is 11.3. The summed E-state index contributed by atoms with van der Waals surface area (Å²) in [5, 5.41) is 0. The van der Waals surface area contributed by atoms with Gasteiger partial charge < -0.3 is 10.5 Å². The Morgan fingerprint density at radius 3 is 2.95 bits per heavy atom. The number of para-hydroxylation sites is 1. The van der Waals surface area contributed by atoms with Gasteiger partial charge in [0.15, 0.2) is 0 Å². The Morgan fingerprint density at radius 2 is 2.11 bits per heavy atom. The Bertz CT molecular complexity index is 547. The van der Waals surface area contributed by atoms with E-state index < -0.39 is 0 Å². The van der Waals surface area contributed by atoms with Crippen molar-refractivity contribution in [1.82, 2.24) is 4.98 Å². The first-order valence-electron chi connectivity index (χ1n) is 6.37. The second-order valence-electron chi connectivity index (χ2n) is 4.60. The highest BCUT2D eigenvalue weighted by molar-refractivity contribution is 7.99. The summed E-state index contributed by atoms with van der Waals surface area (Å²) in [7, 11) is 0. The van der Waals surface area contributed by atoms with Crippen molar-refractivity contribution in [3.8, 4) is 5.75 Å². The topological polar surface area (TPSA) is 48.1 Å². The molecule has 1 aliphatic rings. The molecule has 98 valence electrons. The van der Waals surface area contributed by atoms with Crippen LogP contribution in [0.15, 0.2) is 53.6 Å². The molecule has 0 bridgehead atoms. The van der Waals surface area contributed by atoms with Gasteiger partial charge in [0.25, 0.3) is 0 Å². The van der Waals surface area contributed by atoms with Crippen LogP contribution >= 0.6 is 11.8 Å². The van der Waals surface area contributed by atoms with Gasteiger partial charge in [-0.25, -0.2) is 0 Å². The van der Waals surface area contributed by atoms with E-state index in [2.05, 4.69) is 11.1 Å². The van der Waals surface area contributed by atoms with Crippen LogP contribution in [0.1, 0.15) is 5.69 Å². The van der Waals surface area contributed by atoms with Crippen molar-refractivity contribution in [3.63, 3.8) is 0 Å². The number of aromatic nitrogens is 1. The summed E-state index contributed by atoms with van der Waals surface area (Å²) in [5.41, 5.74) is 7.28. The summed E-state index contributed by atoms with van der Waals surface area (Å²) in [6.45, 7) is 0. The van der Waals surface area contributed by atoms with Crippen LogP contribution in [-0.2, 0) is 6.42 Å². The van der Waals surface area contributed by atoms with Gasteiger partial charge in [0.1, 0.15) is 11.9 Å². The zero-order valence-electron chi connectivity index (χ0n) is 10.5. The molecule has 2 atom stereocenters. The summed E-state index contributed by atoms with van der Waals surface area (Å²) in [6.07, 6.45) is 2.59. The van der Waals surface area contributed by atoms with Crippen LogP contribution in [0.2, 0.25) is 0 Å². The first-order valence-corrected chi connectivity index (χ1v) is 7.35. The van der Waals surface area contributed by atoms with Crippen LogP contribution in [0.5, 0.6) is 5.75 Å². The van der Waals surface area contributed by atoms with Crippen LogP contribution in [-0.4, -0.2) is 22.9 Å². The van der Waals surface area contributed by atoms with E-state index in [4.69, 9.17) is 10.5 Å². The number of rotatable bonds is 3. The van der Waals surface area contributed by atoms with E-state index in [0.29, 0.717) is 0 Å². The molecule has 2 N–H and O–H groups in total. The zero-order chi connectivity index (χ0) is 13.1. The first kappa shape index (κ1) is 12.5. The Kier molecular flexibility index (Phi) is 3.71. The van der Waals surface area contributed by atoms with Crippen LogP contribution in [0.4, 0.5) is 0 Å². The predicted octanol–water partition coefficient (Wildman–Crippen LogP) is 2.50. The smallest absolute Gasteiger partial charge is 0.133 e. The van der Waals surface area contributed by atoms with Gasteiger partial charge >= 0.3 is 0 Å². The normalized spacial score (nSPS) is 19.3. The van der Waals surface area contributed by atoms with Crippen molar-refractivity contribution in [1.29, 1.82) is 0 Å². The Balaban J connectivity index is 1.68. The molecule has 0 radical (unpaired) electrons. The number of hydrogen-bond acceptors (Lipinski definition) is 4. The monoisotopic (exact) mass is 272 g/mol. The number of nitrogens with zero attached hydrogens (tertiary/aromatic N) is 1. The third-order valence-electron chi connectivity index (χ3n) is 3.18.